The van der Waals surface area contributed by atoms with Crippen molar-refractivity contribution < 1.29 is 9.18 Å². The first-order valence-corrected chi connectivity index (χ1v) is 10.6. The molecule has 3 aromatic rings. The summed E-state index contributed by atoms with van der Waals surface area (Å²) in [4.78, 5) is 34.2. The van der Waals surface area contributed by atoms with E-state index >= 15 is 0 Å². The molecule has 0 saturated heterocycles. The first kappa shape index (κ1) is 20.3. The Morgan fingerprint density at radius 1 is 1.17 bits per heavy atom. The number of fused-ring (bicyclic) bond motifs is 1. The number of amides is 1. The standard InChI is InChI=1S/C22H21FN4O2S/c23-16-8-6-15(7-9-16)12-27-11-10-19-18(13-27)21(29)26-22(25-19)30-14-20(28)24-17-4-2-1-3-5-17/h1-9H,10-14H2,(H,24,28)(H,25,26,29). The molecule has 30 heavy (non-hydrogen) atoms. The average molecular weight is 425 g/mol. The molecule has 1 amide bonds. The molecule has 6 nitrogen and oxygen atoms in total. The molecular formula is C22H21FN4O2S. The number of anilines is 1. The third kappa shape index (κ3) is 5.14. The van der Waals surface area contributed by atoms with E-state index < -0.39 is 0 Å². The highest BCUT2D eigenvalue weighted by molar-refractivity contribution is 7.99. The zero-order valence-corrected chi connectivity index (χ0v) is 17.0. The van der Waals surface area contributed by atoms with Crippen molar-refractivity contribution in [3.8, 4) is 0 Å². The minimum atomic E-state index is -0.258. The zero-order chi connectivity index (χ0) is 20.9. The molecule has 0 atom stereocenters. The molecule has 0 aliphatic carbocycles. The Bertz CT molecular complexity index is 1090. The largest absolute Gasteiger partial charge is 0.325 e. The van der Waals surface area contributed by atoms with Gasteiger partial charge in [-0.25, -0.2) is 9.37 Å². The highest BCUT2D eigenvalue weighted by Crippen LogP contribution is 2.20. The number of thioether (sulfide) groups is 1. The van der Waals surface area contributed by atoms with Gasteiger partial charge in [0.25, 0.3) is 5.56 Å². The summed E-state index contributed by atoms with van der Waals surface area (Å²) in [7, 11) is 0. The quantitative estimate of drug-likeness (QED) is 0.469. The molecule has 2 aromatic carbocycles. The van der Waals surface area contributed by atoms with Gasteiger partial charge in [-0.3, -0.25) is 14.5 Å². The SMILES string of the molecule is O=C(CSc1nc2c(c(=O)[nH]1)CN(Cc1ccc(F)cc1)CC2)Nc1ccccc1. The predicted molar refractivity (Wildman–Crippen MR) is 115 cm³/mol. The molecule has 154 valence electrons. The van der Waals surface area contributed by atoms with Gasteiger partial charge >= 0.3 is 0 Å². The molecule has 2 N–H and O–H groups in total. The monoisotopic (exact) mass is 424 g/mol. The van der Waals surface area contributed by atoms with E-state index in [1.165, 1.54) is 23.9 Å². The van der Waals surface area contributed by atoms with Crippen molar-refractivity contribution in [3.63, 3.8) is 0 Å². The molecule has 0 spiro atoms. The summed E-state index contributed by atoms with van der Waals surface area (Å²) in [5.74, 6) is -0.254. The van der Waals surface area contributed by atoms with E-state index in [2.05, 4.69) is 20.2 Å². The van der Waals surface area contributed by atoms with Crippen molar-refractivity contribution in [2.45, 2.75) is 24.7 Å². The highest BCUT2D eigenvalue weighted by Gasteiger charge is 2.21. The lowest BCUT2D eigenvalue weighted by Gasteiger charge is -2.27. The summed E-state index contributed by atoms with van der Waals surface area (Å²) in [6.45, 7) is 1.91. The van der Waals surface area contributed by atoms with Crippen LogP contribution in [0.3, 0.4) is 0 Å². The van der Waals surface area contributed by atoms with Crippen molar-refractivity contribution in [3.05, 3.63) is 87.6 Å². The Morgan fingerprint density at radius 2 is 1.93 bits per heavy atom. The maximum atomic E-state index is 13.1. The number of nitrogens with zero attached hydrogens (tertiary/aromatic N) is 2. The van der Waals surface area contributed by atoms with Crippen molar-refractivity contribution in [1.82, 2.24) is 14.9 Å². The fourth-order valence-corrected chi connectivity index (χ4v) is 4.04. The van der Waals surface area contributed by atoms with Crippen molar-refractivity contribution in [2.24, 2.45) is 0 Å². The second-order valence-electron chi connectivity index (χ2n) is 7.09. The summed E-state index contributed by atoms with van der Waals surface area (Å²) >= 11 is 1.21. The van der Waals surface area contributed by atoms with Gasteiger partial charge in [-0.2, -0.15) is 0 Å². The number of rotatable bonds is 6. The van der Waals surface area contributed by atoms with Gasteiger partial charge < -0.3 is 10.3 Å². The number of carbonyl (C=O) groups excluding carboxylic acids is 1. The number of hydrogen-bond donors (Lipinski definition) is 2. The van der Waals surface area contributed by atoms with Crippen molar-refractivity contribution in [1.29, 1.82) is 0 Å². The molecule has 8 heteroatoms. The molecule has 0 saturated carbocycles. The summed E-state index contributed by atoms with van der Waals surface area (Å²) in [6, 6.07) is 15.6. The van der Waals surface area contributed by atoms with Crippen LogP contribution in [-0.4, -0.2) is 33.1 Å². The maximum Gasteiger partial charge on any atom is 0.256 e. The molecule has 1 aromatic heterocycles. The van der Waals surface area contributed by atoms with Gasteiger partial charge in [0.1, 0.15) is 5.82 Å². The topological polar surface area (TPSA) is 78.1 Å². The maximum absolute atomic E-state index is 13.1. The van der Waals surface area contributed by atoms with Gasteiger partial charge in [-0.1, -0.05) is 42.1 Å². The summed E-state index contributed by atoms with van der Waals surface area (Å²) in [6.07, 6.45) is 0.657. The molecule has 0 radical (unpaired) electrons. The molecule has 4 rings (SSSR count). The Balaban J connectivity index is 1.37. The van der Waals surface area contributed by atoms with Crippen molar-refractivity contribution in [2.75, 3.05) is 17.6 Å². The van der Waals surface area contributed by atoms with Crippen LogP contribution in [0.25, 0.3) is 0 Å². The van der Waals surface area contributed by atoms with Crippen LogP contribution in [0.1, 0.15) is 16.8 Å². The van der Waals surface area contributed by atoms with Gasteiger partial charge in [0, 0.05) is 31.7 Å². The predicted octanol–water partition coefficient (Wildman–Crippen LogP) is 3.20. The Hall–Kier alpha value is -2.97. The van der Waals surface area contributed by atoms with E-state index in [4.69, 9.17) is 0 Å². The fourth-order valence-electron chi connectivity index (χ4n) is 3.36. The Kier molecular flexibility index (Phi) is 6.25. The first-order chi connectivity index (χ1) is 14.6. The number of halogens is 1. The van der Waals surface area contributed by atoms with Crippen LogP contribution < -0.4 is 10.9 Å². The fraction of sp³-hybridized carbons (Fsp3) is 0.227. The molecule has 0 bridgehead atoms. The Labute approximate surface area is 177 Å². The van der Waals surface area contributed by atoms with Crippen LogP contribution in [0, 0.1) is 5.82 Å². The van der Waals surface area contributed by atoms with Crippen LogP contribution in [0.2, 0.25) is 0 Å². The van der Waals surface area contributed by atoms with E-state index in [1.807, 2.05) is 30.3 Å². The molecule has 0 fully saturated rings. The van der Waals surface area contributed by atoms with Crippen LogP contribution in [0.5, 0.6) is 0 Å². The lowest BCUT2D eigenvalue weighted by molar-refractivity contribution is -0.113. The number of carbonyl (C=O) groups is 1. The van der Waals surface area contributed by atoms with Crippen molar-refractivity contribution >= 4 is 23.4 Å². The highest BCUT2D eigenvalue weighted by atomic mass is 32.2. The molecule has 1 aliphatic rings. The lowest BCUT2D eigenvalue weighted by Crippen LogP contribution is -2.35. The van der Waals surface area contributed by atoms with E-state index in [0.29, 0.717) is 30.2 Å². The van der Waals surface area contributed by atoms with Crippen LogP contribution in [0.4, 0.5) is 10.1 Å². The Morgan fingerprint density at radius 3 is 2.70 bits per heavy atom. The van der Waals surface area contributed by atoms with Gasteiger partial charge in [-0.05, 0) is 29.8 Å². The van der Waals surface area contributed by atoms with Gasteiger partial charge in [0.05, 0.1) is 17.0 Å². The molecular weight excluding hydrogens is 403 g/mol. The average Bonchev–Trinajstić information content (AvgIpc) is 2.75. The minimum Gasteiger partial charge on any atom is -0.325 e. The molecule has 1 aliphatic heterocycles. The van der Waals surface area contributed by atoms with E-state index in [0.717, 1.165) is 23.5 Å². The number of aromatic amines is 1. The number of hydrogen-bond acceptors (Lipinski definition) is 5. The summed E-state index contributed by atoms with van der Waals surface area (Å²) < 4.78 is 13.1. The minimum absolute atomic E-state index is 0.156. The van der Waals surface area contributed by atoms with Crippen LogP contribution in [-0.2, 0) is 24.3 Å². The van der Waals surface area contributed by atoms with Crippen LogP contribution in [0.15, 0.2) is 64.5 Å². The number of para-hydroxylation sites is 1. The second kappa shape index (κ2) is 9.23. The summed E-state index contributed by atoms with van der Waals surface area (Å²) in [5, 5.41) is 3.26. The third-order valence-electron chi connectivity index (χ3n) is 4.84. The number of aromatic nitrogens is 2. The van der Waals surface area contributed by atoms with E-state index in [-0.39, 0.29) is 23.0 Å². The zero-order valence-electron chi connectivity index (χ0n) is 16.2. The first-order valence-electron chi connectivity index (χ1n) is 9.63. The van der Waals surface area contributed by atoms with E-state index in [9.17, 15) is 14.0 Å². The lowest BCUT2D eigenvalue weighted by atomic mass is 10.1. The molecule has 0 unspecified atom stereocenters. The third-order valence-corrected chi connectivity index (χ3v) is 5.72. The second-order valence-corrected chi connectivity index (χ2v) is 8.05. The van der Waals surface area contributed by atoms with Gasteiger partial charge in [0.2, 0.25) is 5.91 Å². The normalized spacial score (nSPS) is 13.6. The van der Waals surface area contributed by atoms with Gasteiger partial charge in [-0.15, -0.1) is 0 Å². The smallest absolute Gasteiger partial charge is 0.256 e. The van der Waals surface area contributed by atoms with Gasteiger partial charge in [0.15, 0.2) is 5.16 Å². The number of benzene rings is 2. The molecule has 2 heterocycles. The summed E-state index contributed by atoms with van der Waals surface area (Å²) in [5.41, 5.74) is 2.99. The van der Waals surface area contributed by atoms with Crippen LogP contribution >= 0.6 is 11.8 Å². The van der Waals surface area contributed by atoms with E-state index in [1.54, 1.807) is 12.1 Å². The number of nitrogens with one attached hydrogen (secondary N) is 2. The number of H-pyrrole nitrogens is 1.